The van der Waals surface area contributed by atoms with E-state index in [2.05, 4.69) is 24.8 Å². The molecule has 4 atom stereocenters. The molecule has 0 saturated heterocycles. The number of carbonyl (C=O) groups is 1. The van der Waals surface area contributed by atoms with Crippen LogP contribution in [0.4, 0.5) is 0 Å². The third-order valence-corrected chi connectivity index (χ3v) is 5.80. The van der Waals surface area contributed by atoms with Crippen LogP contribution in [0.25, 0.3) is 0 Å². The van der Waals surface area contributed by atoms with Gasteiger partial charge in [-0.15, -0.1) is 0 Å². The number of methoxy groups -OCH3 is 1. The number of carbonyl (C=O) groups excluding carboxylic acids is 1. The molecule has 0 unspecified atom stereocenters. The minimum Gasteiger partial charge on any atom is -0.382 e. The molecule has 2 aliphatic carbocycles. The molecule has 0 aliphatic heterocycles. The fraction of sp³-hybridized carbons (Fsp3) is 0.600. The Hall–Kier alpha value is -2.32. The fourth-order valence-corrected chi connectivity index (χ4v) is 4.32. The summed E-state index contributed by atoms with van der Waals surface area (Å²) >= 11 is 0. The highest BCUT2D eigenvalue weighted by Crippen LogP contribution is 2.47. The Balaban J connectivity index is 1.55. The Labute approximate surface area is 164 Å². The lowest BCUT2D eigenvalue weighted by Gasteiger charge is -2.43. The van der Waals surface area contributed by atoms with Crippen molar-refractivity contribution in [3.8, 4) is 0 Å². The zero-order valence-corrected chi connectivity index (χ0v) is 16.1. The van der Waals surface area contributed by atoms with Gasteiger partial charge in [-0.25, -0.2) is 15.0 Å². The number of imidazole rings is 1. The Morgan fingerprint density at radius 3 is 2.82 bits per heavy atom. The average Bonchev–Trinajstić information content (AvgIpc) is 3.43. The summed E-state index contributed by atoms with van der Waals surface area (Å²) in [5.41, 5.74) is 0.396. The molecule has 0 bridgehead atoms. The van der Waals surface area contributed by atoms with Crippen LogP contribution in [0.2, 0.25) is 0 Å². The predicted octanol–water partition coefficient (Wildman–Crippen LogP) is 1.86. The van der Waals surface area contributed by atoms with Crippen molar-refractivity contribution >= 4 is 5.91 Å². The maximum absolute atomic E-state index is 12.8. The summed E-state index contributed by atoms with van der Waals surface area (Å²) in [6.45, 7) is 1.18. The van der Waals surface area contributed by atoms with Crippen molar-refractivity contribution < 1.29 is 14.3 Å². The topological polar surface area (TPSA) is 91.2 Å². The number of amides is 1. The average molecular weight is 385 g/mol. The zero-order chi connectivity index (χ0) is 19.3. The van der Waals surface area contributed by atoms with Crippen LogP contribution < -0.4 is 5.32 Å². The van der Waals surface area contributed by atoms with Crippen LogP contribution in [0, 0.1) is 11.8 Å². The fourth-order valence-electron chi connectivity index (χ4n) is 4.32. The zero-order valence-electron chi connectivity index (χ0n) is 16.1. The molecule has 2 fully saturated rings. The highest BCUT2D eigenvalue weighted by Gasteiger charge is 2.46. The Morgan fingerprint density at radius 2 is 2.14 bits per heavy atom. The van der Waals surface area contributed by atoms with Crippen LogP contribution in [-0.2, 0) is 9.47 Å². The summed E-state index contributed by atoms with van der Waals surface area (Å²) in [6.07, 6.45) is 12.9. The molecule has 28 heavy (non-hydrogen) atoms. The third-order valence-electron chi connectivity index (χ3n) is 5.80. The predicted molar refractivity (Wildman–Crippen MR) is 102 cm³/mol. The summed E-state index contributed by atoms with van der Waals surface area (Å²) in [5.74, 6) is 0.858. The van der Waals surface area contributed by atoms with Gasteiger partial charge in [0.1, 0.15) is 12.0 Å². The molecule has 2 aromatic rings. The van der Waals surface area contributed by atoms with Gasteiger partial charge in [0.2, 0.25) is 0 Å². The van der Waals surface area contributed by atoms with E-state index in [1.54, 1.807) is 25.6 Å². The smallest absolute Gasteiger partial charge is 0.270 e. The van der Waals surface area contributed by atoms with E-state index in [0.717, 1.165) is 12.8 Å². The SMILES string of the molecule is COCCO[C@@H]1C[C@H](C2CC2)[C@@H](NC(=O)c2ccncn2)[C@H](n2ccnc2)C1. The van der Waals surface area contributed by atoms with Crippen LogP contribution in [0.1, 0.15) is 42.2 Å². The molecular formula is C20H27N5O3. The lowest BCUT2D eigenvalue weighted by molar-refractivity contribution is -0.0352. The monoisotopic (exact) mass is 385 g/mol. The molecule has 2 saturated carbocycles. The Morgan fingerprint density at radius 1 is 1.25 bits per heavy atom. The molecule has 8 heteroatoms. The first-order chi connectivity index (χ1) is 13.8. The minimum atomic E-state index is -0.151. The van der Waals surface area contributed by atoms with E-state index in [4.69, 9.17) is 9.47 Å². The first-order valence-corrected chi connectivity index (χ1v) is 9.91. The number of nitrogens with one attached hydrogen (secondary N) is 1. The molecular weight excluding hydrogens is 358 g/mol. The van der Waals surface area contributed by atoms with Crippen molar-refractivity contribution in [2.24, 2.45) is 11.8 Å². The quantitative estimate of drug-likeness (QED) is 0.698. The number of aromatic nitrogens is 4. The summed E-state index contributed by atoms with van der Waals surface area (Å²) in [4.78, 5) is 25.1. The maximum Gasteiger partial charge on any atom is 0.270 e. The number of nitrogens with zero attached hydrogens (tertiary/aromatic N) is 4. The highest BCUT2D eigenvalue weighted by molar-refractivity contribution is 5.92. The lowest BCUT2D eigenvalue weighted by Crippen LogP contribution is -2.52. The molecule has 2 heterocycles. The standard InChI is InChI=1S/C20H27N5O3/c1-27-8-9-28-15-10-16(14-2-3-14)19(18(11-15)25-7-6-22-13-25)24-20(26)17-4-5-21-12-23-17/h4-7,12-16,18-19H,2-3,8-11H2,1H3,(H,24,26)/t15-,16-,18-,19-/m1/s1. The van der Waals surface area contributed by atoms with E-state index in [0.29, 0.717) is 30.7 Å². The van der Waals surface area contributed by atoms with Gasteiger partial charge >= 0.3 is 0 Å². The van der Waals surface area contributed by atoms with E-state index >= 15 is 0 Å². The Bertz CT molecular complexity index is 750. The summed E-state index contributed by atoms with van der Waals surface area (Å²) in [6, 6.07) is 1.76. The lowest BCUT2D eigenvalue weighted by atomic mass is 9.76. The van der Waals surface area contributed by atoms with Gasteiger partial charge in [-0.2, -0.15) is 0 Å². The van der Waals surface area contributed by atoms with Gasteiger partial charge in [0.05, 0.1) is 37.7 Å². The van der Waals surface area contributed by atoms with E-state index in [1.165, 1.54) is 19.2 Å². The van der Waals surface area contributed by atoms with Crippen LogP contribution >= 0.6 is 0 Å². The summed E-state index contributed by atoms with van der Waals surface area (Å²) in [5, 5.41) is 3.27. The van der Waals surface area contributed by atoms with Gasteiger partial charge in [-0.05, 0) is 43.6 Å². The number of hydrogen-bond donors (Lipinski definition) is 1. The van der Waals surface area contributed by atoms with Gasteiger partial charge in [0.25, 0.3) is 5.91 Å². The summed E-state index contributed by atoms with van der Waals surface area (Å²) in [7, 11) is 1.68. The minimum absolute atomic E-state index is 0.0199. The van der Waals surface area contributed by atoms with Crippen molar-refractivity contribution in [2.75, 3.05) is 20.3 Å². The van der Waals surface area contributed by atoms with E-state index < -0.39 is 0 Å². The molecule has 1 amide bonds. The number of ether oxygens (including phenoxy) is 2. The van der Waals surface area contributed by atoms with Crippen molar-refractivity contribution in [1.82, 2.24) is 24.8 Å². The van der Waals surface area contributed by atoms with Crippen LogP contribution in [-0.4, -0.2) is 57.9 Å². The first-order valence-electron chi connectivity index (χ1n) is 9.91. The molecule has 0 aromatic carbocycles. The van der Waals surface area contributed by atoms with Crippen molar-refractivity contribution in [1.29, 1.82) is 0 Å². The second-order valence-corrected chi connectivity index (χ2v) is 7.63. The van der Waals surface area contributed by atoms with Crippen molar-refractivity contribution in [2.45, 2.75) is 43.9 Å². The first kappa shape index (κ1) is 19.0. The van der Waals surface area contributed by atoms with E-state index in [-0.39, 0.29) is 24.1 Å². The van der Waals surface area contributed by atoms with Crippen LogP contribution in [0.3, 0.4) is 0 Å². The second kappa shape index (κ2) is 8.79. The molecule has 4 rings (SSSR count). The number of hydrogen-bond acceptors (Lipinski definition) is 6. The third kappa shape index (κ3) is 4.39. The van der Waals surface area contributed by atoms with Gasteiger partial charge in [-0.1, -0.05) is 0 Å². The van der Waals surface area contributed by atoms with Gasteiger partial charge in [0.15, 0.2) is 0 Å². The van der Waals surface area contributed by atoms with Gasteiger partial charge in [0, 0.05) is 25.7 Å². The molecule has 2 aliphatic rings. The van der Waals surface area contributed by atoms with Gasteiger partial charge in [-0.3, -0.25) is 4.79 Å². The van der Waals surface area contributed by atoms with Gasteiger partial charge < -0.3 is 19.4 Å². The second-order valence-electron chi connectivity index (χ2n) is 7.63. The Kier molecular flexibility index (Phi) is 5.97. The van der Waals surface area contributed by atoms with Crippen LogP contribution in [0.15, 0.2) is 37.3 Å². The molecule has 0 radical (unpaired) electrons. The van der Waals surface area contributed by atoms with Crippen LogP contribution in [0.5, 0.6) is 0 Å². The largest absolute Gasteiger partial charge is 0.382 e. The van der Waals surface area contributed by atoms with Crippen molar-refractivity contribution in [3.05, 3.63) is 43.0 Å². The summed E-state index contributed by atoms with van der Waals surface area (Å²) < 4.78 is 13.3. The molecule has 0 spiro atoms. The van der Waals surface area contributed by atoms with E-state index in [9.17, 15) is 4.79 Å². The molecule has 150 valence electrons. The number of rotatable bonds is 8. The molecule has 8 nitrogen and oxygen atoms in total. The highest BCUT2D eigenvalue weighted by atomic mass is 16.5. The maximum atomic E-state index is 12.8. The normalized spacial score (nSPS) is 27.5. The van der Waals surface area contributed by atoms with E-state index in [1.807, 2.05) is 12.5 Å². The molecule has 1 N–H and O–H groups in total. The molecule has 2 aromatic heterocycles. The van der Waals surface area contributed by atoms with Crippen molar-refractivity contribution in [3.63, 3.8) is 0 Å².